The Labute approximate surface area is 190 Å². The van der Waals surface area contributed by atoms with Gasteiger partial charge < -0.3 is 11.1 Å². The summed E-state index contributed by atoms with van der Waals surface area (Å²) in [6.45, 7) is 3.77. The minimum atomic E-state index is -0.564. The lowest BCUT2D eigenvalue weighted by Crippen LogP contribution is -2.15. The minimum absolute atomic E-state index is 0.0803. The van der Waals surface area contributed by atoms with Crippen molar-refractivity contribution in [3.63, 3.8) is 0 Å². The van der Waals surface area contributed by atoms with E-state index in [1.165, 1.54) is 6.20 Å². The molecule has 0 unspecified atom stereocenters. The van der Waals surface area contributed by atoms with Gasteiger partial charge in [0.15, 0.2) is 5.65 Å². The molecular formula is C24H23N5O2S. The van der Waals surface area contributed by atoms with Crippen molar-refractivity contribution in [1.29, 1.82) is 0 Å². The Kier molecular flexibility index (Phi) is 6.23. The molecule has 0 fully saturated rings. The van der Waals surface area contributed by atoms with Crippen LogP contribution >= 0.6 is 11.8 Å². The first-order valence-electron chi connectivity index (χ1n) is 10.2. The molecule has 7 nitrogen and oxygen atoms in total. The van der Waals surface area contributed by atoms with Crippen molar-refractivity contribution in [3.8, 4) is 0 Å². The Bertz CT molecular complexity index is 1300. The van der Waals surface area contributed by atoms with Gasteiger partial charge >= 0.3 is 0 Å². The normalized spacial score (nSPS) is 10.9. The number of para-hydroxylation sites is 1. The molecule has 0 aliphatic rings. The maximum atomic E-state index is 12.7. The number of hydrogen-bond donors (Lipinski definition) is 2. The molecule has 162 valence electrons. The number of fused-ring (bicyclic) bond motifs is 1. The monoisotopic (exact) mass is 445 g/mol. The van der Waals surface area contributed by atoms with Crippen LogP contribution in [0.15, 0.2) is 70.6 Å². The van der Waals surface area contributed by atoms with Gasteiger partial charge in [0.05, 0.1) is 11.9 Å². The number of benzene rings is 2. The maximum Gasteiger partial charge on any atom is 0.254 e. The Morgan fingerprint density at radius 2 is 1.78 bits per heavy atom. The van der Waals surface area contributed by atoms with Gasteiger partial charge in [-0.05, 0) is 50.1 Å². The Balaban J connectivity index is 1.48. The predicted octanol–water partition coefficient (Wildman–Crippen LogP) is 4.17. The number of carbonyl (C=O) groups is 2. The zero-order valence-corrected chi connectivity index (χ0v) is 18.6. The molecule has 2 heterocycles. The van der Waals surface area contributed by atoms with Gasteiger partial charge in [0.1, 0.15) is 5.56 Å². The van der Waals surface area contributed by atoms with Crippen molar-refractivity contribution in [2.45, 2.75) is 36.5 Å². The van der Waals surface area contributed by atoms with Gasteiger partial charge in [-0.15, -0.1) is 0 Å². The molecule has 0 saturated heterocycles. The highest BCUT2D eigenvalue weighted by Gasteiger charge is 2.17. The fourth-order valence-electron chi connectivity index (χ4n) is 3.57. The summed E-state index contributed by atoms with van der Waals surface area (Å²) in [7, 11) is 0. The first-order valence-corrected chi connectivity index (χ1v) is 11.0. The Morgan fingerprint density at radius 3 is 2.53 bits per heavy atom. The number of amides is 2. The third-order valence-electron chi connectivity index (χ3n) is 5.21. The highest BCUT2D eigenvalue weighted by molar-refractivity contribution is 7.99. The number of nitrogens with zero attached hydrogens (tertiary/aromatic N) is 3. The van der Waals surface area contributed by atoms with Crippen molar-refractivity contribution in [1.82, 2.24) is 14.6 Å². The van der Waals surface area contributed by atoms with Crippen LogP contribution in [0.4, 0.5) is 5.69 Å². The second-order valence-electron chi connectivity index (χ2n) is 7.38. The van der Waals surface area contributed by atoms with Gasteiger partial charge in [0.25, 0.3) is 5.91 Å². The summed E-state index contributed by atoms with van der Waals surface area (Å²) in [4.78, 5) is 30.9. The maximum absolute atomic E-state index is 12.7. The predicted molar refractivity (Wildman–Crippen MR) is 125 cm³/mol. The van der Waals surface area contributed by atoms with Crippen molar-refractivity contribution in [2.75, 3.05) is 5.32 Å². The molecule has 0 aliphatic carbocycles. The van der Waals surface area contributed by atoms with E-state index in [0.29, 0.717) is 18.5 Å². The number of rotatable bonds is 7. The van der Waals surface area contributed by atoms with Gasteiger partial charge in [-0.3, -0.25) is 9.59 Å². The van der Waals surface area contributed by atoms with E-state index in [1.54, 1.807) is 16.3 Å². The molecule has 2 aromatic carbocycles. The summed E-state index contributed by atoms with van der Waals surface area (Å²) in [5, 5.41) is 7.27. The third kappa shape index (κ3) is 4.50. The van der Waals surface area contributed by atoms with Crippen LogP contribution in [0.5, 0.6) is 0 Å². The van der Waals surface area contributed by atoms with Gasteiger partial charge in [-0.2, -0.15) is 5.10 Å². The summed E-state index contributed by atoms with van der Waals surface area (Å²) in [6.07, 6.45) is 2.23. The molecule has 0 radical (unpaired) electrons. The number of aromatic nitrogens is 3. The van der Waals surface area contributed by atoms with Crippen molar-refractivity contribution in [2.24, 2.45) is 5.73 Å². The summed E-state index contributed by atoms with van der Waals surface area (Å²) in [5.41, 5.74) is 9.44. The summed E-state index contributed by atoms with van der Waals surface area (Å²) in [6, 6.07) is 17.8. The number of hydrogen-bond acceptors (Lipinski definition) is 5. The molecule has 2 aromatic heterocycles. The van der Waals surface area contributed by atoms with Gasteiger partial charge in [0.2, 0.25) is 5.91 Å². The van der Waals surface area contributed by atoms with E-state index >= 15 is 0 Å². The van der Waals surface area contributed by atoms with E-state index in [4.69, 9.17) is 5.73 Å². The first-order chi connectivity index (χ1) is 15.4. The van der Waals surface area contributed by atoms with Crippen LogP contribution in [0, 0.1) is 13.8 Å². The average Bonchev–Trinajstić information content (AvgIpc) is 3.20. The highest BCUT2D eigenvalue weighted by Crippen LogP contribution is 2.33. The minimum Gasteiger partial charge on any atom is -0.365 e. The molecule has 32 heavy (non-hydrogen) atoms. The molecule has 4 aromatic rings. The topological polar surface area (TPSA) is 102 Å². The van der Waals surface area contributed by atoms with E-state index in [9.17, 15) is 9.59 Å². The van der Waals surface area contributed by atoms with E-state index in [2.05, 4.69) is 15.4 Å². The fraction of sp³-hybridized carbons (Fsp3) is 0.167. The standard InChI is InChI=1S/C24H23N5O2S/c1-15-18(16(2)29-24(27-15)19(14-26-29)23(25)31)12-13-22(30)28-20-10-6-7-11-21(20)32-17-8-4-3-5-9-17/h3-11,14H,12-13H2,1-2H3,(H2,25,31)(H,28,30). The first kappa shape index (κ1) is 21.6. The third-order valence-corrected chi connectivity index (χ3v) is 6.29. The second-order valence-corrected chi connectivity index (χ2v) is 8.49. The molecule has 8 heteroatoms. The van der Waals surface area contributed by atoms with Crippen LogP contribution in [0.25, 0.3) is 5.65 Å². The molecule has 2 amide bonds. The largest absolute Gasteiger partial charge is 0.365 e. The smallest absolute Gasteiger partial charge is 0.254 e. The second kappa shape index (κ2) is 9.23. The molecule has 0 saturated carbocycles. The zero-order valence-electron chi connectivity index (χ0n) is 17.8. The molecule has 3 N–H and O–H groups in total. The lowest BCUT2D eigenvalue weighted by atomic mass is 10.1. The van der Waals surface area contributed by atoms with Crippen molar-refractivity contribution in [3.05, 3.63) is 83.3 Å². The molecular weight excluding hydrogens is 422 g/mol. The van der Waals surface area contributed by atoms with Crippen LogP contribution in [0.1, 0.15) is 33.7 Å². The van der Waals surface area contributed by atoms with E-state index in [1.807, 2.05) is 68.4 Å². The molecule has 0 atom stereocenters. The van der Waals surface area contributed by atoms with E-state index < -0.39 is 5.91 Å². The lowest BCUT2D eigenvalue weighted by Gasteiger charge is -2.13. The molecule has 0 aliphatic heterocycles. The van der Waals surface area contributed by atoms with Crippen LogP contribution in [0.2, 0.25) is 0 Å². The van der Waals surface area contributed by atoms with Crippen molar-refractivity contribution < 1.29 is 9.59 Å². The number of carbonyl (C=O) groups excluding carboxylic acids is 2. The molecule has 0 spiro atoms. The summed E-state index contributed by atoms with van der Waals surface area (Å²) in [5.74, 6) is -0.645. The van der Waals surface area contributed by atoms with Crippen LogP contribution < -0.4 is 11.1 Å². The number of primary amides is 1. The number of nitrogens with one attached hydrogen (secondary N) is 1. The van der Waals surface area contributed by atoms with Crippen molar-refractivity contribution >= 4 is 34.9 Å². The number of anilines is 1. The van der Waals surface area contributed by atoms with Crippen LogP contribution in [-0.2, 0) is 11.2 Å². The quantitative estimate of drug-likeness (QED) is 0.445. The summed E-state index contributed by atoms with van der Waals surface area (Å²) >= 11 is 1.61. The Hall–Kier alpha value is -3.65. The van der Waals surface area contributed by atoms with Crippen LogP contribution in [-0.4, -0.2) is 26.4 Å². The number of aryl methyl sites for hydroxylation is 2. The average molecular weight is 446 g/mol. The molecule has 4 rings (SSSR count). The lowest BCUT2D eigenvalue weighted by molar-refractivity contribution is -0.116. The molecule has 0 bridgehead atoms. The van der Waals surface area contributed by atoms with Crippen LogP contribution in [0.3, 0.4) is 0 Å². The SMILES string of the molecule is Cc1nc2c(C(N)=O)cnn2c(C)c1CCC(=O)Nc1ccccc1Sc1ccccc1. The van der Waals surface area contributed by atoms with Gasteiger partial charge in [-0.1, -0.05) is 42.1 Å². The number of nitrogens with two attached hydrogens (primary N) is 1. The Morgan fingerprint density at radius 1 is 1.06 bits per heavy atom. The van der Waals surface area contributed by atoms with Gasteiger partial charge in [0, 0.05) is 27.6 Å². The zero-order chi connectivity index (χ0) is 22.7. The summed E-state index contributed by atoms with van der Waals surface area (Å²) < 4.78 is 1.60. The van der Waals surface area contributed by atoms with E-state index in [0.717, 1.165) is 32.4 Å². The fourth-order valence-corrected chi connectivity index (χ4v) is 4.50. The van der Waals surface area contributed by atoms with Gasteiger partial charge in [-0.25, -0.2) is 9.50 Å². The van der Waals surface area contributed by atoms with E-state index in [-0.39, 0.29) is 11.5 Å². The highest BCUT2D eigenvalue weighted by atomic mass is 32.2.